The first-order valence-electron chi connectivity index (χ1n) is 4.21. The first-order valence-corrected chi connectivity index (χ1v) is 4.21. The summed E-state index contributed by atoms with van der Waals surface area (Å²) in [5.41, 5.74) is 0.685. The molecule has 15 heavy (non-hydrogen) atoms. The van der Waals surface area contributed by atoms with Crippen molar-refractivity contribution in [3.63, 3.8) is 0 Å². The first-order chi connectivity index (χ1) is 7.17. The van der Waals surface area contributed by atoms with Gasteiger partial charge >= 0.3 is 0 Å². The Hall–Kier alpha value is -2.04. The third-order valence-corrected chi connectivity index (χ3v) is 1.80. The van der Waals surface area contributed by atoms with Crippen LogP contribution in [0, 0.1) is 10.1 Å². The molecule has 0 unspecified atom stereocenters. The Bertz CT molecular complexity index is 387. The molecule has 0 aliphatic rings. The van der Waals surface area contributed by atoms with E-state index in [9.17, 15) is 10.1 Å². The minimum Gasteiger partial charge on any atom is -0.493 e. The molecule has 0 N–H and O–H groups in total. The lowest BCUT2D eigenvalue weighted by Crippen LogP contribution is -1.90. The lowest BCUT2D eigenvalue weighted by atomic mass is 10.2. The van der Waals surface area contributed by atoms with Crippen molar-refractivity contribution >= 4 is 6.08 Å². The van der Waals surface area contributed by atoms with Crippen molar-refractivity contribution in [3.8, 4) is 11.5 Å². The Labute approximate surface area is 87.1 Å². The van der Waals surface area contributed by atoms with Crippen LogP contribution in [0.5, 0.6) is 11.5 Å². The van der Waals surface area contributed by atoms with Crippen molar-refractivity contribution in [1.29, 1.82) is 0 Å². The van der Waals surface area contributed by atoms with Crippen LogP contribution in [0.4, 0.5) is 0 Å². The Morgan fingerprint density at radius 1 is 1.27 bits per heavy atom. The smallest absolute Gasteiger partial charge is 0.235 e. The van der Waals surface area contributed by atoms with E-state index in [0.717, 1.165) is 6.20 Å². The van der Waals surface area contributed by atoms with Gasteiger partial charge in [-0.2, -0.15) is 0 Å². The fourth-order valence-electron chi connectivity index (χ4n) is 1.10. The molecule has 0 saturated heterocycles. The summed E-state index contributed by atoms with van der Waals surface area (Å²) in [6, 6.07) is 5.07. The maximum atomic E-state index is 10.1. The standard InChI is InChI=1S/C10H11NO4/c1-14-9-4-3-8(5-6-11(12)13)7-10(9)15-2/h3-7H,1-2H3/b6-5-. The van der Waals surface area contributed by atoms with Crippen LogP contribution in [-0.2, 0) is 0 Å². The second-order valence-corrected chi connectivity index (χ2v) is 2.72. The van der Waals surface area contributed by atoms with Crippen molar-refractivity contribution in [3.05, 3.63) is 40.1 Å². The minimum absolute atomic E-state index is 0.517. The topological polar surface area (TPSA) is 61.6 Å². The molecule has 1 aromatic rings. The van der Waals surface area contributed by atoms with E-state index >= 15 is 0 Å². The van der Waals surface area contributed by atoms with Gasteiger partial charge in [0.15, 0.2) is 11.5 Å². The summed E-state index contributed by atoms with van der Waals surface area (Å²) in [5, 5.41) is 10.1. The number of nitro groups is 1. The van der Waals surface area contributed by atoms with Gasteiger partial charge in [0.1, 0.15) is 0 Å². The highest BCUT2D eigenvalue weighted by molar-refractivity contribution is 5.55. The zero-order chi connectivity index (χ0) is 11.3. The number of methoxy groups -OCH3 is 2. The van der Waals surface area contributed by atoms with Crippen LogP contribution in [0.15, 0.2) is 24.4 Å². The van der Waals surface area contributed by atoms with Crippen molar-refractivity contribution in [1.82, 2.24) is 0 Å². The van der Waals surface area contributed by atoms with Crippen LogP contribution >= 0.6 is 0 Å². The fraction of sp³-hybridized carbons (Fsp3) is 0.200. The summed E-state index contributed by atoms with van der Waals surface area (Å²) in [6.07, 6.45) is 2.27. The monoisotopic (exact) mass is 209 g/mol. The van der Waals surface area contributed by atoms with Gasteiger partial charge in [-0.1, -0.05) is 6.07 Å². The summed E-state index contributed by atoms with van der Waals surface area (Å²) >= 11 is 0. The molecule has 0 aliphatic heterocycles. The highest BCUT2D eigenvalue weighted by Crippen LogP contribution is 2.27. The van der Waals surface area contributed by atoms with Gasteiger partial charge in [-0.15, -0.1) is 0 Å². The summed E-state index contributed by atoms with van der Waals surface area (Å²) in [7, 11) is 3.04. The average molecular weight is 209 g/mol. The van der Waals surface area contributed by atoms with Crippen LogP contribution < -0.4 is 9.47 Å². The quantitative estimate of drug-likeness (QED) is 0.561. The van der Waals surface area contributed by atoms with Gasteiger partial charge in [0.25, 0.3) is 0 Å². The Balaban J connectivity index is 2.97. The van der Waals surface area contributed by atoms with Crippen LogP contribution in [0.3, 0.4) is 0 Å². The largest absolute Gasteiger partial charge is 0.493 e. The Morgan fingerprint density at radius 3 is 2.47 bits per heavy atom. The lowest BCUT2D eigenvalue weighted by Gasteiger charge is -2.07. The number of hydrogen-bond donors (Lipinski definition) is 0. The summed E-state index contributed by atoms with van der Waals surface area (Å²) in [6.45, 7) is 0. The molecule has 5 heteroatoms. The first kappa shape index (κ1) is 11.0. The second-order valence-electron chi connectivity index (χ2n) is 2.72. The number of benzene rings is 1. The second kappa shape index (κ2) is 4.99. The van der Waals surface area contributed by atoms with Crippen LogP contribution in [0.1, 0.15) is 5.56 Å². The highest BCUT2D eigenvalue weighted by atomic mass is 16.6. The molecular weight excluding hydrogens is 198 g/mol. The summed E-state index contributed by atoms with van der Waals surface area (Å²) in [4.78, 5) is 9.60. The van der Waals surface area contributed by atoms with Crippen molar-refractivity contribution in [2.24, 2.45) is 0 Å². The SMILES string of the molecule is COc1ccc(/C=C\[N+](=O)[O-])cc1OC. The number of nitrogens with zero attached hydrogens (tertiary/aromatic N) is 1. The average Bonchev–Trinajstić information content (AvgIpc) is 2.25. The van der Waals surface area contributed by atoms with Gasteiger partial charge in [-0.3, -0.25) is 10.1 Å². The summed E-state index contributed by atoms with van der Waals surface area (Å²) < 4.78 is 10.1. The van der Waals surface area contributed by atoms with E-state index in [2.05, 4.69) is 0 Å². The van der Waals surface area contributed by atoms with E-state index in [1.165, 1.54) is 20.3 Å². The molecule has 0 radical (unpaired) electrons. The predicted octanol–water partition coefficient (Wildman–Crippen LogP) is 1.95. The lowest BCUT2D eigenvalue weighted by molar-refractivity contribution is -0.400. The highest BCUT2D eigenvalue weighted by Gasteiger charge is 2.02. The molecule has 0 fully saturated rings. The van der Waals surface area contributed by atoms with Crippen LogP contribution in [0.2, 0.25) is 0 Å². The van der Waals surface area contributed by atoms with Gasteiger partial charge in [0.05, 0.1) is 19.1 Å². The maximum Gasteiger partial charge on any atom is 0.235 e. The molecule has 0 aliphatic carbocycles. The molecule has 5 nitrogen and oxygen atoms in total. The van der Waals surface area contributed by atoms with Crippen molar-refractivity contribution in [2.75, 3.05) is 14.2 Å². The number of hydrogen-bond acceptors (Lipinski definition) is 4. The molecule has 0 amide bonds. The third-order valence-electron chi connectivity index (χ3n) is 1.80. The molecule has 1 aromatic carbocycles. The minimum atomic E-state index is -0.517. The molecule has 0 spiro atoms. The number of rotatable bonds is 4. The molecular formula is C10H11NO4. The van der Waals surface area contributed by atoms with Gasteiger partial charge in [-0.25, -0.2) is 0 Å². The molecule has 0 atom stereocenters. The van der Waals surface area contributed by atoms with E-state index in [0.29, 0.717) is 17.1 Å². The summed E-state index contributed by atoms with van der Waals surface area (Å²) in [5.74, 6) is 1.14. The Kier molecular flexibility index (Phi) is 3.68. The van der Waals surface area contributed by atoms with Gasteiger partial charge in [-0.05, 0) is 17.7 Å². The van der Waals surface area contributed by atoms with Crippen LogP contribution in [0.25, 0.3) is 6.08 Å². The van der Waals surface area contributed by atoms with Gasteiger partial charge in [0, 0.05) is 6.08 Å². The van der Waals surface area contributed by atoms with E-state index in [1.807, 2.05) is 0 Å². The van der Waals surface area contributed by atoms with E-state index in [-0.39, 0.29) is 0 Å². The van der Waals surface area contributed by atoms with Gasteiger partial charge < -0.3 is 9.47 Å². The van der Waals surface area contributed by atoms with Crippen molar-refractivity contribution in [2.45, 2.75) is 0 Å². The van der Waals surface area contributed by atoms with E-state index in [1.54, 1.807) is 18.2 Å². The Morgan fingerprint density at radius 2 is 1.93 bits per heavy atom. The molecule has 0 aromatic heterocycles. The molecule has 80 valence electrons. The normalized spacial score (nSPS) is 10.3. The fourth-order valence-corrected chi connectivity index (χ4v) is 1.10. The molecule has 0 heterocycles. The zero-order valence-corrected chi connectivity index (χ0v) is 8.47. The van der Waals surface area contributed by atoms with Gasteiger partial charge in [0.2, 0.25) is 6.20 Å². The molecule has 0 saturated carbocycles. The maximum absolute atomic E-state index is 10.1. The van der Waals surface area contributed by atoms with E-state index in [4.69, 9.17) is 9.47 Å². The predicted molar refractivity (Wildman–Crippen MR) is 55.6 cm³/mol. The van der Waals surface area contributed by atoms with E-state index < -0.39 is 4.92 Å². The van der Waals surface area contributed by atoms with Crippen molar-refractivity contribution < 1.29 is 14.4 Å². The van der Waals surface area contributed by atoms with Crippen LogP contribution in [-0.4, -0.2) is 19.1 Å². The third kappa shape index (κ3) is 2.98. The zero-order valence-electron chi connectivity index (χ0n) is 8.47. The molecule has 0 bridgehead atoms. The number of ether oxygens (including phenoxy) is 2. The molecule has 1 rings (SSSR count).